The molecule has 4 nitrogen and oxygen atoms in total. The van der Waals surface area contributed by atoms with Crippen molar-refractivity contribution < 1.29 is 0 Å². The fourth-order valence-electron chi connectivity index (χ4n) is 1.35. The summed E-state index contributed by atoms with van der Waals surface area (Å²) >= 11 is 0. The molecular formula is C11H19N4-. The summed E-state index contributed by atoms with van der Waals surface area (Å²) in [6, 6.07) is 8.40. The van der Waals surface area contributed by atoms with Gasteiger partial charge in [0.25, 0.3) is 0 Å². The molecule has 1 unspecified atom stereocenters. The van der Waals surface area contributed by atoms with Crippen LogP contribution in [0.2, 0.25) is 0 Å². The van der Waals surface area contributed by atoms with Gasteiger partial charge in [-0.15, -0.1) is 6.54 Å². The summed E-state index contributed by atoms with van der Waals surface area (Å²) in [4.78, 5) is 0. The maximum Gasteiger partial charge on any atom is -0.0193 e. The van der Waals surface area contributed by atoms with Crippen LogP contribution < -0.4 is 11.7 Å². The molecule has 1 aromatic carbocycles. The van der Waals surface area contributed by atoms with Gasteiger partial charge in [0.15, 0.2) is 0 Å². The Labute approximate surface area is 91.2 Å². The van der Waals surface area contributed by atoms with E-state index in [1.807, 2.05) is 0 Å². The highest BCUT2D eigenvalue weighted by atomic mass is 15.8. The molecule has 0 aliphatic carbocycles. The fraction of sp³-hybridized carbons (Fsp3) is 0.455. The Balaban J connectivity index is 2.56. The van der Waals surface area contributed by atoms with Crippen molar-refractivity contribution in [2.75, 3.05) is 0 Å². The third-order valence-electron chi connectivity index (χ3n) is 2.58. The zero-order valence-corrected chi connectivity index (χ0v) is 9.35. The highest BCUT2D eigenvalue weighted by Gasteiger charge is 2.00. The number of hydrazine groups is 2. The van der Waals surface area contributed by atoms with Crippen molar-refractivity contribution in [3.63, 3.8) is 0 Å². The molecule has 0 fully saturated rings. The zero-order valence-electron chi connectivity index (χ0n) is 9.35. The quantitative estimate of drug-likeness (QED) is 0.573. The first kappa shape index (κ1) is 12.1. The van der Waals surface area contributed by atoms with Crippen LogP contribution in [0.3, 0.4) is 0 Å². The third-order valence-corrected chi connectivity index (χ3v) is 2.58. The van der Waals surface area contributed by atoms with Gasteiger partial charge < -0.3 is 5.43 Å². The molecule has 0 bridgehead atoms. The van der Waals surface area contributed by atoms with E-state index >= 15 is 0 Å². The van der Waals surface area contributed by atoms with Gasteiger partial charge in [-0.1, -0.05) is 43.7 Å². The van der Waals surface area contributed by atoms with E-state index in [0.717, 1.165) is 17.2 Å². The fourth-order valence-corrected chi connectivity index (χ4v) is 1.35. The predicted octanol–water partition coefficient (Wildman–Crippen LogP) is 2.04. The molecule has 0 aliphatic rings. The number of nitrogens with two attached hydrogens (primary N) is 2. The molecule has 4 heteroatoms. The van der Waals surface area contributed by atoms with E-state index in [4.69, 9.17) is 11.7 Å². The van der Waals surface area contributed by atoms with Crippen LogP contribution in [0.4, 0.5) is 0 Å². The van der Waals surface area contributed by atoms with Gasteiger partial charge in [0, 0.05) is 0 Å². The van der Waals surface area contributed by atoms with Gasteiger partial charge in [0.05, 0.1) is 0 Å². The standard InChI is InChI=1S/C11H19N4/c1-3-9(2)11-6-4-10(5-7-11)8-14-15(12)13/h4-7,9H,3,8,12-13H2,1-2H3/q-1. The summed E-state index contributed by atoms with van der Waals surface area (Å²) < 4.78 is 0. The Hall–Kier alpha value is -0.940. The maximum absolute atomic E-state index is 5.18. The topological polar surface area (TPSA) is 69.4 Å². The Kier molecular flexibility index (Phi) is 4.71. The van der Waals surface area contributed by atoms with Crippen molar-refractivity contribution in [1.82, 2.24) is 5.23 Å². The summed E-state index contributed by atoms with van der Waals surface area (Å²) in [5, 5.41) is 0.850. The molecular weight excluding hydrogens is 188 g/mol. The molecule has 1 atom stereocenters. The number of hydrogen-bond acceptors (Lipinski definition) is 3. The van der Waals surface area contributed by atoms with Crippen LogP contribution in [0.15, 0.2) is 24.3 Å². The molecule has 84 valence electrons. The minimum atomic E-state index is 0.522. The van der Waals surface area contributed by atoms with E-state index in [9.17, 15) is 0 Å². The van der Waals surface area contributed by atoms with Crippen LogP contribution in [0, 0.1) is 0 Å². The summed E-state index contributed by atoms with van der Waals surface area (Å²) in [5.41, 5.74) is 6.35. The average molecular weight is 207 g/mol. The smallest absolute Gasteiger partial charge is 0.0193 e. The first-order valence-corrected chi connectivity index (χ1v) is 5.19. The summed E-state index contributed by atoms with van der Waals surface area (Å²) in [7, 11) is 0. The van der Waals surface area contributed by atoms with E-state index < -0.39 is 0 Å². The lowest BCUT2D eigenvalue weighted by Crippen LogP contribution is -2.33. The Morgan fingerprint density at radius 1 is 1.27 bits per heavy atom. The van der Waals surface area contributed by atoms with Crippen LogP contribution in [-0.2, 0) is 6.54 Å². The van der Waals surface area contributed by atoms with Gasteiger partial charge >= 0.3 is 0 Å². The molecule has 4 N–H and O–H groups in total. The molecule has 1 rings (SSSR count). The molecule has 0 radical (unpaired) electrons. The Morgan fingerprint density at radius 3 is 2.33 bits per heavy atom. The van der Waals surface area contributed by atoms with Gasteiger partial charge in [0.2, 0.25) is 0 Å². The molecule has 0 saturated carbocycles. The second-order valence-electron chi connectivity index (χ2n) is 3.73. The lowest BCUT2D eigenvalue weighted by atomic mass is 9.98. The minimum absolute atomic E-state index is 0.522. The number of nitrogens with zero attached hydrogens (tertiary/aromatic N) is 2. The van der Waals surface area contributed by atoms with Crippen molar-refractivity contribution in [2.45, 2.75) is 32.7 Å². The van der Waals surface area contributed by atoms with E-state index in [0.29, 0.717) is 12.5 Å². The number of hydrogen-bond donors (Lipinski definition) is 2. The summed E-state index contributed by atoms with van der Waals surface area (Å²) in [6.45, 7) is 4.93. The summed E-state index contributed by atoms with van der Waals surface area (Å²) in [6.07, 6.45) is 1.16. The van der Waals surface area contributed by atoms with E-state index in [1.54, 1.807) is 0 Å². The molecule has 0 aliphatic heterocycles. The van der Waals surface area contributed by atoms with Gasteiger partial charge in [-0.3, -0.25) is 16.9 Å². The second-order valence-corrected chi connectivity index (χ2v) is 3.73. The van der Waals surface area contributed by atoms with Gasteiger partial charge in [-0.05, 0) is 17.9 Å². The van der Waals surface area contributed by atoms with Gasteiger partial charge in [0.1, 0.15) is 0 Å². The Morgan fingerprint density at radius 2 is 1.87 bits per heavy atom. The molecule has 0 heterocycles. The SMILES string of the molecule is CCC(C)c1ccc(C[N-]N(N)N)cc1. The lowest BCUT2D eigenvalue weighted by molar-refractivity contribution is 0.370. The second kappa shape index (κ2) is 5.82. The molecule has 0 amide bonds. The molecule has 15 heavy (non-hydrogen) atoms. The monoisotopic (exact) mass is 207 g/mol. The maximum atomic E-state index is 5.18. The highest BCUT2D eigenvalue weighted by molar-refractivity contribution is 5.25. The number of benzene rings is 1. The van der Waals surface area contributed by atoms with Crippen molar-refractivity contribution in [2.24, 2.45) is 11.7 Å². The van der Waals surface area contributed by atoms with Crippen LogP contribution >= 0.6 is 0 Å². The van der Waals surface area contributed by atoms with Crippen molar-refractivity contribution in [1.29, 1.82) is 0 Å². The largest absolute Gasteiger partial charge is 0.561 e. The average Bonchev–Trinajstić information content (AvgIpc) is 2.26. The first-order valence-electron chi connectivity index (χ1n) is 5.19. The minimum Gasteiger partial charge on any atom is -0.561 e. The van der Waals surface area contributed by atoms with Crippen LogP contribution in [-0.4, -0.2) is 5.23 Å². The zero-order chi connectivity index (χ0) is 11.3. The van der Waals surface area contributed by atoms with E-state index in [-0.39, 0.29) is 0 Å². The normalized spacial score (nSPS) is 13.1. The predicted molar refractivity (Wildman–Crippen MR) is 62.4 cm³/mol. The van der Waals surface area contributed by atoms with Crippen LogP contribution in [0.25, 0.3) is 5.43 Å². The van der Waals surface area contributed by atoms with Gasteiger partial charge in [-0.2, -0.15) is 0 Å². The number of rotatable bonds is 5. The molecule has 1 aromatic rings. The van der Waals surface area contributed by atoms with Crippen molar-refractivity contribution in [3.8, 4) is 0 Å². The van der Waals surface area contributed by atoms with Crippen molar-refractivity contribution in [3.05, 3.63) is 40.8 Å². The summed E-state index contributed by atoms with van der Waals surface area (Å²) in [5.74, 6) is 11.0. The first-order chi connectivity index (χ1) is 7.13. The molecule has 0 spiro atoms. The van der Waals surface area contributed by atoms with Crippen LogP contribution in [0.5, 0.6) is 0 Å². The highest BCUT2D eigenvalue weighted by Crippen LogP contribution is 2.19. The Bertz CT molecular complexity index is 281. The van der Waals surface area contributed by atoms with Crippen LogP contribution in [0.1, 0.15) is 37.3 Å². The molecule has 0 aromatic heterocycles. The van der Waals surface area contributed by atoms with E-state index in [1.165, 1.54) is 5.56 Å². The third kappa shape index (κ3) is 3.97. The molecule has 0 saturated heterocycles. The van der Waals surface area contributed by atoms with Crippen molar-refractivity contribution >= 4 is 0 Å². The van der Waals surface area contributed by atoms with Gasteiger partial charge in [-0.25, -0.2) is 0 Å². The lowest BCUT2D eigenvalue weighted by Gasteiger charge is -2.27. The van der Waals surface area contributed by atoms with E-state index in [2.05, 4.69) is 43.5 Å².